The van der Waals surface area contributed by atoms with E-state index in [4.69, 9.17) is 4.99 Å². The molecule has 0 bridgehead atoms. The van der Waals surface area contributed by atoms with Gasteiger partial charge in [-0.3, -0.25) is 9.59 Å². The minimum Gasteiger partial charge on any atom is -0.322 e. The van der Waals surface area contributed by atoms with E-state index in [1.54, 1.807) is 24.1 Å². The van der Waals surface area contributed by atoms with E-state index in [1.165, 1.54) is 0 Å². The molecule has 2 amide bonds. The van der Waals surface area contributed by atoms with Crippen molar-refractivity contribution in [2.45, 2.75) is 6.17 Å². The molecule has 6 heteroatoms. The highest BCUT2D eigenvalue weighted by atomic mass is 127. The predicted octanol–water partition coefficient (Wildman–Crippen LogP) is 3.86. The molecular formula is C23H18IN3O2. The number of carbonyl (C=O) groups is 2. The van der Waals surface area contributed by atoms with Gasteiger partial charge in [-0.2, -0.15) is 0 Å². The van der Waals surface area contributed by atoms with Gasteiger partial charge in [-0.1, -0.05) is 48.5 Å². The Morgan fingerprint density at radius 2 is 1.62 bits per heavy atom. The van der Waals surface area contributed by atoms with Crippen molar-refractivity contribution in [1.82, 2.24) is 5.32 Å². The number of benzene rings is 3. The molecule has 144 valence electrons. The number of rotatable bonds is 3. The number of nitrogens with zero attached hydrogens (tertiary/aromatic N) is 2. The summed E-state index contributed by atoms with van der Waals surface area (Å²) in [6, 6.07) is 24.5. The van der Waals surface area contributed by atoms with Gasteiger partial charge in [0.25, 0.3) is 11.8 Å². The predicted molar refractivity (Wildman–Crippen MR) is 122 cm³/mol. The summed E-state index contributed by atoms with van der Waals surface area (Å²) >= 11 is 2.18. The van der Waals surface area contributed by atoms with E-state index in [-0.39, 0.29) is 11.8 Å². The number of aliphatic imine (C=N–C) groups is 1. The largest absolute Gasteiger partial charge is 0.322 e. The molecule has 1 N–H and O–H groups in total. The maximum absolute atomic E-state index is 13.1. The lowest BCUT2D eigenvalue weighted by atomic mass is 10.0. The number of likely N-dealkylation sites (N-methyl/N-ethyl adjacent to an activating group) is 1. The number of halogens is 1. The molecule has 0 fully saturated rings. The number of para-hydroxylation sites is 1. The first-order chi connectivity index (χ1) is 14.0. The zero-order chi connectivity index (χ0) is 20.4. The SMILES string of the molecule is CN1C(=O)[C@@H](NC(=O)c2ccc(I)cc2)N=C(c2ccccc2)c2ccccc21. The first-order valence-corrected chi connectivity index (χ1v) is 10.2. The van der Waals surface area contributed by atoms with Gasteiger partial charge in [-0.25, -0.2) is 4.99 Å². The molecule has 1 aliphatic rings. The number of nitrogens with one attached hydrogen (secondary N) is 1. The Morgan fingerprint density at radius 3 is 2.34 bits per heavy atom. The van der Waals surface area contributed by atoms with Crippen LogP contribution in [0, 0.1) is 3.57 Å². The van der Waals surface area contributed by atoms with E-state index in [0.717, 1.165) is 20.4 Å². The van der Waals surface area contributed by atoms with Gasteiger partial charge in [0.15, 0.2) is 0 Å². The van der Waals surface area contributed by atoms with Crippen molar-refractivity contribution < 1.29 is 9.59 Å². The lowest BCUT2D eigenvalue weighted by molar-refractivity contribution is -0.119. The van der Waals surface area contributed by atoms with Crippen molar-refractivity contribution in [2.24, 2.45) is 4.99 Å². The molecule has 0 saturated heterocycles. The Kier molecular flexibility index (Phi) is 5.44. The van der Waals surface area contributed by atoms with Gasteiger partial charge in [-0.05, 0) is 52.9 Å². The van der Waals surface area contributed by atoms with Crippen LogP contribution < -0.4 is 10.2 Å². The number of amides is 2. The standard InChI is InChI=1S/C23H18IN3O2/c1-27-19-10-6-5-9-18(19)20(15-7-3-2-4-8-15)25-21(23(27)29)26-22(28)16-11-13-17(24)14-12-16/h2-14,21H,1H3,(H,26,28)/t21-/m1/s1. The average molecular weight is 495 g/mol. The van der Waals surface area contributed by atoms with Crippen LogP contribution in [-0.4, -0.2) is 30.7 Å². The van der Waals surface area contributed by atoms with Crippen LogP contribution in [0.3, 0.4) is 0 Å². The number of fused-ring (bicyclic) bond motifs is 1. The van der Waals surface area contributed by atoms with Crippen LogP contribution in [0.25, 0.3) is 0 Å². The van der Waals surface area contributed by atoms with Crippen LogP contribution in [0.15, 0.2) is 83.9 Å². The van der Waals surface area contributed by atoms with Crippen LogP contribution in [0.5, 0.6) is 0 Å². The second kappa shape index (κ2) is 8.16. The van der Waals surface area contributed by atoms with Gasteiger partial charge in [0.2, 0.25) is 6.17 Å². The van der Waals surface area contributed by atoms with Gasteiger partial charge in [-0.15, -0.1) is 0 Å². The summed E-state index contributed by atoms with van der Waals surface area (Å²) in [6.45, 7) is 0. The summed E-state index contributed by atoms with van der Waals surface area (Å²) in [4.78, 5) is 32.1. The van der Waals surface area contributed by atoms with Gasteiger partial charge in [0, 0.05) is 27.3 Å². The molecular weight excluding hydrogens is 477 g/mol. The molecule has 5 nitrogen and oxygen atoms in total. The third-order valence-electron chi connectivity index (χ3n) is 4.76. The molecule has 0 saturated carbocycles. The van der Waals surface area contributed by atoms with Crippen LogP contribution in [0.4, 0.5) is 5.69 Å². The summed E-state index contributed by atoms with van der Waals surface area (Å²) in [6.07, 6.45) is -1.02. The summed E-state index contributed by atoms with van der Waals surface area (Å²) in [7, 11) is 1.70. The van der Waals surface area contributed by atoms with Gasteiger partial charge in [0.05, 0.1) is 11.4 Å². The third kappa shape index (κ3) is 3.93. The lowest BCUT2D eigenvalue weighted by Gasteiger charge is -2.20. The molecule has 0 unspecified atom stereocenters. The minimum atomic E-state index is -1.02. The molecule has 0 aliphatic carbocycles. The number of anilines is 1. The van der Waals surface area contributed by atoms with Gasteiger partial charge in [0.1, 0.15) is 0 Å². The van der Waals surface area contributed by atoms with Crippen LogP contribution >= 0.6 is 22.6 Å². The lowest BCUT2D eigenvalue weighted by Crippen LogP contribution is -2.46. The number of benzodiazepines with no additional fused rings is 1. The third-order valence-corrected chi connectivity index (χ3v) is 5.48. The molecule has 0 spiro atoms. The van der Waals surface area contributed by atoms with E-state index in [2.05, 4.69) is 27.9 Å². The summed E-state index contributed by atoms with van der Waals surface area (Å²) < 4.78 is 1.03. The molecule has 1 heterocycles. The Balaban J connectivity index is 1.77. The van der Waals surface area contributed by atoms with Gasteiger partial charge < -0.3 is 10.2 Å². The monoisotopic (exact) mass is 495 g/mol. The molecule has 0 aromatic heterocycles. The van der Waals surface area contributed by atoms with E-state index >= 15 is 0 Å². The van der Waals surface area contributed by atoms with Crippen molar-refractivity contribution in [3.05, 3.63) is 99.1 Å². The highest BCUT2D eigenvalue weighted by Gasteiger charge is 2.31. The van der Waals surface area contributed by atoms with Gasteiger partial charge >= 0.3 is 0 Å². The van der Waals surface area contributed by atoms with Crippen LogP contribution in [0.1, 0.15) is 21.5 Å². The van der Waals surface area contributed by atoms with Crippen LogP contribution in [0.2, 0.25) is 0 Å². The fourth-order valence-electron chi connectivity index (χ4n) is 3.25. The molecule has 1 atom stereocenters. The van der Waals surface area contributed by atoms with E-state index in [0.29, 0.717) is 11.3 Å². The van der Waals surface area contributed by atoms with E-state index in [1.807, 2.05) is 66.7 Å². The van der Waals surface area contributed by atoms with Crippen LogP contribution in [-0.2, 0) is 4.79 Å². The number of carbonyl (C=O) groups excluding carboxylic acids is 2. The molecule has 4 rings (SSSR count). The maximum atomic E-state index is 13.1. The maximum Gasteiger partial charge on any atom is 0.272 e. The highest BCUT2D eigenvalue weighted by Crippen LogP contribution is 2.27. The molecule has 1 aliphatic heterocycles. The van der Waals surface area contributed by atoms with Crippen molar-refractivity contribution in [3.8, 4) is 0 Å². The Labute approximate surface area is 182 Å². The second-order valence-corrected chi connectivity index (χ2v) is 7.89. The first-order valence-electron chi connectivity index (χ1n) is 9.11. The normalized spacial score (nSPS) is 15.9. The van der Waals surface area contributed by atoms with Crippen molar-refractivity contribution in [3.63, 3.8) is 0 Å². The molecule has 29 heavy (non-hydrogen) atoms. The Morgan fingerprint density at radius 1 is 0.966 bits per heavy atom. The summed E-state index contributed by atoms with van der Waals surface area (Å²) in [5, 5.41) is 2.79. The van der Waals surface area contributed by atoms with E-state index < -0.39 is 6.17 Å². The van der Waals surface area contributed by atoms with Crippen molar-refractivity contribution >= 4 is 45.8 Å². The summed E-state index contributed by atoms with van der Waals surface area (Å²) in [5.74, 6) is -0.627. The zero-order valence-corrected chi connectivity index (χ0v) is 17.8. The topological polar surface area (TPSA) is 61.8 Å². The highest BCUT2D eigenvalue weighted by molar-refractivity contribution is 14.1. The molecule has 3 aromatic rings. The fraction of sp³-hybridized carbons (Fsp3) is 0.0870. The van der Waals surface area contributed by atoms with Crippen molar-refractivity contribution in [1.29, 1.82) is 0 Å². The Hall–Kier alpha value is -3.00. The minimum absolute atomic E-state index is 0.290. The molecule has 3 aromatic carbocycles. The molecule has 0 radical (unpaired) electrons. The quantitative estimate of drug-likeness (QED) is 0.562. The Bertz CT molecular complexity index is 1090. The first kappa shape index (κ1) is 19.3. The average Bonchev–Trinajstić information content (AvgIpc) is 2.85. The number of hydrogen-bond donors (Lipinski definition) is 1. The number of hydrogen-bond acceptors (Lipinski definition) is 3. The summed E-state index contributed by atoms with van der Waals surface area (Å²) in [5.41, 5.74) is 3.65. The second-order valence-electron chi connectivity index (χ2n) is 6.64. The fourth-order valence-corrected chi connectivity index (χ4v) is 3.61. The van der Waals surface area contributed by atoms with Crippen molar-refractivity contribution in [2.75, 3.05) is 11.9 Å². The van der Waals surface area contributed by atoms with E-state index in [9.17, 15) is 9.59 Å². The smallest absolute Gasteiger partial charge is 0.272 e. The zero-order valence-electron chi connectivity index (χ0n) is 15.7.